The number of morpholine rings is 1. The number of benzene rings is 1. The van der Waals surface area contributed by atoms with Gasteiger partial charge in [-0.1, -0.05) is 18.2 Å². The summed E-state index contributed by atoms with van der Waals surface area (Å²) in [5, 5.41) is 3.20. The van der Waals surface area contributed by atoms with Gasteiger partial charge in [-0.2, -0.15) is 13.2 Å². The second kappa shape index (κ2) is 8.52. The number of nitrogens with zero attached hydrogens (tertiary/aromatic N) is 1. The lowest BCUT2D eigenvalue weighted by atomic mass is 9.47. The first-order valence-electron chi connectivity index (χ1n) is 12.2. The van der Waals surface area contributed by atoms with Crippen molar-refractivity contribution >= 4 is 11.8 Å². The number of ether oxygens (including phenoxy) is 1. The predicted octanol–water partition coefficient (Wildman–Crippen LogP) is 3.26. The number of hydrogen-bond acceptors (Lipinski definition) is 4. The van der Waals surface area contributed by atoms with Gasteiger partial charge >= 0.3 is 6.18 Å². The molecule has 0 aromatic heterocycles. The first kappa shape index (κ1) is 23.6. The second-order valence-electron chi connectivity index (χ2n) is 10.8. The summed E-state index contributed by atoms with van der Waals surface area (Å²) >= 11 is 0. The number of carbonyl (C=O) groups is 2. The first-order chi connectivity index (χ1) is 16.1. The molecule has 5 aliphatic rings. The Kier molecular flexibility index (Phi) is 5.91. The van der Waals surface area contributed by atoms with Crippen molar-refractivity contribution in [2.45, 2.75) is 63.4 Å². The number of halogens is 3. The molecule has 0 spiro atoms. The van der Waals surface area contributed by atoms with Crippen LogP contribution in [0.5, 0.6) is 0 Å². The summed E-state index contributed by atoms with van der Waals surface area (Å²) in [7, 11) is 0. The standard InChI is InChI=1S/C25H32F3N3O3/c1-14(18-4-2-3-5-19(18)25(26,27)28)31-6-7-34-20(13-31)22(32)30-21-16-8-15-9-17(21)12-24(10-15,11-16)23(29)33/h2-5,14-17,20-21H,6-13H2,1H3,(H2,29,33)(H,30,32). The molecule has 1 aromatic carbocycles. The minimum Gasteiger partial charge on any atom is -0.369 e. The van der Waals surface area contributed by atoms with Crippen LogP contribution in [-0.4, -0.2) is 48.6 Å². The van der Waals surface area contributed by atoms with Gasteiger partial charge in [0.05, 0.1) is 12.2 Å². The number of amides is 2. The van der Waals surface area contributed by atoms with Gasteiger partial charge in [0.2, 0.25) is 5.91 Å². The smallest absolute Gasteiger partial charge is 0.369 e. The fourth-order valence-electron chi connectivity index (χ4n) is 7.31. The van der Waals surface area contributed by atoms with E-state index in [9.17, 15) is 22.8 Å². The number of rotatable bonds is 5. The molecule has 4 bridgehead atoms. The Balaban J connectivity index is 1.26. The third kappa shape index (κ3) is 4.11. The van der Waals surface area contributed by atoms with Gasteiger partial charge < -0.3 is 15.8 Å². The van der Waals surface area contributed by atoms with E-state index >= 15 is 0 Å². The number of hydrogen-bond donors (Lipinski definition) is 2. The normalized spacial score (nSPS) is 36.3. The summed E-state index contributed by atoms with van der Waals surface area (Å²) in [4.78, 5) is 27.3. The van der Waals surface area contributed by atoms with Gasteiger partial charge in [0, 0.05) is 30.6 Å². The molecule has 186 valence electrons. The summed E-state index contributed by atoms with van der Waals surface area (Å²) in [5.41, 5.74) is 4.90. The molecule has 1 aromatic rings. The highest BCUT2D eigenvalue weighted by molar-refractivity contribution is 5.83. The van der Waals surface area contributed by atoms with E-state index in [1.807, 2.05) is 4.90 Å². The summed E-state index contributed by atoms with van der Waals surface area (Å²) in [6, 6.07) is 5.09. The van der Waals surface area contributed by atoms with Crippen LogP contribution in [0.2, 0.25) is 0 Å². The molecule has 0 radical (unpaired) electrons. The van der Waals surface area contributed by atoms with Crippen molar-refractivity contribution in [3.8, 4) is 0 Å². The Labute approximate surface area is 197 Å². The monoisotopic (exact) mass is 479 g/mol. The van der Waals surface area contributed by atoms with Crippen molar-refractivity contribution in [2.24, 2.45) is 28.9 Å². The fraction of sp³-hybridized carbons (Fsp3) is 0.680. The van der Waals surface area contributed by atoms with Crippen LogP contribution < -0.4 is 11.1 Å². The molecule has 4 saturated carbocycles. The van der Waals surface area contributed by atoms with Crippen molar-refractivity contribution in [1.82, 2.24) is 10.2 Å². The molecule has 2 amide bonds. The van der Waals surface area contributed by atoms with Gasteiger partial charge in [0.1, 0.15) is 6.10 Å². The predicted molar refractivity (Wildman–Crippen MR) is 118 cm³/mol. The topological polar surface area (TPSA) is 84.7 Å². The van der Waals surface area contributed by atoms with Crippen LogP contribution >= 0.6 is 0 Å². The molecule has 3 N–H and O–H groups in total. The van der Waals surface area contributed by atoms with Crippen LogP contribution in [0.3, 0.4) is 0 Å². The van der Waals surface area contributed by atoms with Crippen molar-refractivity contribution in [1.29, 1.82) is 0 Å². The Morgan fingerprint density at radius 1 is 1.18 bits per heavy atom. The number of alkyl halides is 3. The molecule has 4 unspecified atom stereocenters. The zero-order chi connectivity index (χ0) is 24.3. The highest BCUT2D eigenvalue weighted by Crippen LogP contribution is 2.59. The average molecular weight is 480 g/mol. The molecule has 4 aliphatic carbocycles. The summed E-state index contributed by atoms with van der Waals surface area (Å²) in [5.74, 6) is 0.539. The molecule has 1 heterocycles. The summed E-state index contributed by atoms with van der Waals surface area (Å²) < 4.78 is 46.3. The SMILES string of the molecule is CC(c1ccccc1C(F)(F)F)N1CCOC(C(=O)NC2C3CC4CC2CC(C(N)=O)(C4)C3)C1. The van der Waals surface area contributed by atoms with Crippen molar-refractivity contribution in [3.63, 3.8) is 0 Å². The minimum atomic E-state index is -4.43. The van der Waals surface area contributed by atoms with E-state index in [2.05, 4.69) is 5.32 Å². The molecule has 34 heavy (non-hydrogen) atoms. The molecule has 4 atom stereocenters. The van der Waals surface area contributed by atoms with E-state index in [0.29, 0.717) is 12.5 Å². The summed E-state index contributed by atoms with van der Waals surface area (Å²) in [6.45, 7) is 2.71. The van der Waals surface area contributed by atoms with Crippen LogP contribution in [-0.2, 0) is 20.5 Å². The second-order valence-corrected chi connectivity index (χ2v) is 10.8. The molecular formula is C25H32F3N3O3. The van der Waals surface area contributed by atoms with E-state index in [1.54, 1.807) is 13.0 Å². The maximum Gasteiger partial charge on any atom is 0.416 e. The van der Waals surface area contributed by atoms with Gasteiger partial charge in [-0.3, -0.25) is 14.5 Å². The fourth-order valence-corrected chi connectivity index (χ4v) is 7.31. The molecule has 6 rings (SSSR count). The molecular weight excluding hydrogens is 447 g/mol. The van der Waals surface area contributed by atoms with Crippen LogP contribution in [0.15, 0.2) is 24.3 Å². The van der Waals surface area contributed by atoms with Crippen LogP contribution in [0.4, 0.5) is 13.2 Å². The number of nitrogens with one attached hydrogen (secondary N) is 1. The van der Waals surface area contributed by atoms with Crippen molar-refractivity contribution in [2.75, 3.05) is 19.7 Å². The third-order valence-electron chi connectivity index (χ3n) is 8.76. The van der Waals surface area contributed by atoms with E-state index in [0.717, 1.165) is 38.2 Å². The highest BCUT2D eigenvalue weighted by atomic mass is 19.4. The lowest BCUT2D eigenvalue weighted by Crippen LogP contribution is -2.63. The van der Waals surface area contributed by atoms with E-state index < -0.39 is 29.3 Å². The van der Waals surface area contributed by atoms with E-state index in [-0.39, 0.29) is 48.4 Å². The molecule has 9 heteroatoms. The van der Waals surface area contributed by atoms with Crippen LogP contribution in [0.25, 0.3) is 0 Å². The van der Waals surface area contributed by atoms with Gasteiger partial charge in [0.15, 0.2) is 0 Å². The zero-order valence-electron chi connectivity index (χ0n) is 19.3. The van der Waals surface area contributed by atoms with Crippen LogP contribution in [0.1, 0.15) is 56.2 Å². The minimum absolute atomic E-state index is 0.00104. The van der Waals surface area contributed by atoms with E-state index in [4.69, 9.17) is 10.5 Å². The lowest BCUT2D eigenvalue weighted by molar-refractivity contribution is -0.152. The number of carbonyl (C=O) groups excluding carboxylic acids is 2. The van der Waals surface area contributed by atoms with Gasteiger partial charge in [-0.25, -0.2) is 0 Å². The van der Waals surface area contributed by atoms with E-state index in [1.165, 1.54) is 12.1 Å². The Morgan fingerprint density at radius 2 is 1.85 bits per heavy atom. The molecule has 6 nitrogen and oxygen atoms in total. The first-order valence-corrected chi connectivity index (χ1v) is 12.2. The van der Waals surface area contributed by atoms with Gasteiger partial charge in [0.25, 0.3) is 5.91 Å². The molecule has 1 aliphatic heterocycles. The average Bonchev–Trinajstić information content (AvgIpc) is 2.80. The van der Waals surface area contributed by atoms with Crippen molar-refractivity contribution in [3.05, 3.63) is 35.4 Å². The summed E-state index contributed by atoms with van der Waals surface area (Å²) in [6.07, 6.45) is -0.856. The number of primary amides is 1. The maximum absolute atomic E-state index is 13.5. The maximum atomic E-state index is 13.5. The Hall–Kier alpha value is -2.13. The third-order valence-corrected chi connectivity index (χ3v) is 8.76. The quantitative estimate of drug-likeness (QED) is 0.679. The highest BCUT2D eigenvalue weighted by Gasteiger charge is 2.58. The van der Waals surface area contributed by atoms with Gasteiger partial charge in [-0.05, 0) is 68.4 Å². The zero-order valence-corrected chi connectivity index (χ0v) is 19.3. The van der Waals surface area contributed by atoms with Crippen LogP contribution in [0, 0.1) is 23.2 Å². The Morgan fingerprint density at radius 3 is 2.50 bits per heavy atom. The Bertz CT molecular complexity index is 952. The number of nitrogens with two attached hydrogens (primary N) is 1. The lowest BCUT2D eigenvalue weighted by Gasteiger charge is -2.59. The largest absolute Gasteiger partial charge is 0.416 e. The molecule has 5 fully saturated rings. The van der Waals surface area contributed by atoms with Gasteiger partial charge in [-0.15, -0.1) is 0 Å². The molecule has 1 saturated heterocycles. The van der Waals surface area contributed by atoms with Crippen molar-refractivity contribution < 1.29 is 27.5 Å².